The number of rotatable bonds is 9. The second-order valence-electron chi connectivity index (χ2n) is 9.82. The van der Waals surface area contributed by atoms with Gasteiger partial charge >= 0.3 is 6.09 Å². The number of nitrogens with one attached hydrogen (secondary N) is 1. The molecule has 11 heteroatoms. The molecule has 36 heavy (non-hydrogen) atoms. The zero-order valence-corrected chi connectivity index (χ0v) is 21.0. The molecule has 4 rings (SSSR count). The van der Waals surface area contributed by atoms with Crippen LogP contribution >= 0.6 is 0 Å². The van der Waals surface area contributed by atoms with Gasteiger partial charge in [0.05, 0.1) is 38.0 Å². The summed E-state index contributed by atoms with van der Waals surface area (Å²) in [4.78, 5) is 27.0. The van der Waals surface area contributed by atoms with Gasteiger partial charge in [-0.15, -0.1) is 10.2 Å². The van der Waals surface area contributed by atoms with Gasteiger partial charge in [0.2, 0.25) is 5.91 Å². The fourth-order valence-electron chi connectivity index (χ4n) is 4.32. The van der Waals surface area contributed by atoms with Gasteiger partial charge in [0.25, 0.3) is 0 Å². The molecule has 1 saturated heterocycles. The van der Waals surface area contributed by atoms with Crippen molar-refractivity contribution in [3.8, 4) is 0 Å². The summed E-state index contributed by atoms with van der Waals surface area (Å²) < 4.78 is 19.0. The summed E-state index contributed by atoms with van der Waals surface area (Å²) in [7, 11) is 0. The molecule has 11 nitrogen and oxygen atoms in total. The summed E-state index contributed by atoms with van der Waals surface area (Å²) in [5.74, 6) is 1.06. The van der Waals surface area contributed by atoms with Crippen molar-refractivity contribution in [2.24, 2.45) is 5.73 Å². The van der Waals surface area contributed by atoms with E-state index in [-0.39, 0.29) is 31.3 Å². The highest BCUT2D eigenvalue weighted by Crippen LogP contribution is 2.29. The van der Waals surface area contributed by atoms with Crippen molar-refractivity contribution in [3.63, 3.8) is 0 Å². The Bertz CT molecular complexity index is 1020. The number of aromatic nitrogens is 3. The predicted octanol–water partition coefficient (Wildman–Crippen LogP) is 1.74. The normalized spacial score (nSPS) is 18.9. The van der Waals surface area contributed by atoms with Gasteiger partial charge in [-0.05, 0) is 32.3 Å². The van der Waals surface area contributed by atoms with Gasteiger partial charge in [-0.25, -0.2) is 4.79 Å². The first-order valence-electron chi connectivity index (χ1n) is 12.5. The van der Waals surface area contributed by atoms with E-state index in [4.69, 9.17) is 19.9 Å². The van der Waals surface area contributed by atoms with Crippen LogP contribution in [0.15, 0.2) is 30.3 Å². The summed E-state index contributed by atoms with van der Waals surface area (Å²) in [6, 6.07) is 9.11. The van der Waals surface area contributed by atoms with Gasteiger partial charge in [0.15, 0.2) is 5.82 Å². The van der Waals surface area contributed by atoms with Crippen LogP contribution in [0.3, 0.4) is 0 Å². The minimum Gasteiger partial charge on any atom is -0.447 e. The number of ether oxygens (including phenoxy) is 3. The highest BCUT2D eigenvalue weighted by atomic mass is 16.6. The molecule has 2 aliphatic rings. The maximum Gasteiger partial charge on any atom is 0.409 e. The number of amides is 2. The van der Waals surface area contributed by atoms with Crippen molar-refractivity contribution in [2.75, 3.05) is 39.5 Å². The van der Waals surface area contributed by atoms with E-state index in [1.165, 1.54) is 0 Å². The zero-order valence-electron chi connectivity index (χ0n) is 21.0. The molecule has 3 N–H and O–H groups in total. The molecule has 0 saturated carbocycles. The first-order chi connectivity index (χ1) is 17.3. The topological polar surface area (TPSA) is 134 Å². The molecular weight excluding hydrogens is 464 g/mol. The molecule has 1 aromatic carbocycles. The Morgan fingerprint density at radius 1 is 1.22 bits per heavy atom. The third kappa shape index (κ3) is 6.59. The number of nitrogens with zero attached hydrogens (tertiary/aromatic N) is 4. The molecule has 3 heterocycles. The van der Waals surface area contributed by atoms with E-state index < -0.39 is 11.6 Å². The average molecular weight is 501 g/mol. The van der Waals surface area contributed by atoms with Crippen LogP contribution in [0.1, 0.15) is 56.0 Å². The second kappa shape index (κ2) is 11.8. The molecule has 1 aromatic heterocycles. The highest BCUT2D eigenvalue weighted by molar-refractivity contribution is 5.85. The van der Waals surface area contributed by atoms with Gasteiger partial charge in [-0.1, -0.05) is 30.3 Å². The Labute approximate surface area is 211 Å². The van der Waals surface area contributed by atoms with Gasteiger partial charge in [-0.2, -0.15) is 0 Å². The zero-order chi connectivity index (χ0) is 25.5. The number of carbonyl (C=O) groups excluding carboxylic acids is 2. The molecule has 0 bridgehead atoms. The summed E-state index contributed by atoms with van der Waals surface area (Å²) in [5.41, 5.74) is 6.00. The minimum absolute atomic E-state index is 0.136. The molecular formula is C25H36N6O5. The number of morpholine rings is 1. The van der Waals surface area contributed by atoms with Crippen LogP contribution < -0.4 is 11.1 Å². The molecule has 0 aliphatic carbocycles. The van der Waals surface area contributed by atoms with Crippen LogP contribution in [0.4, 0.5) is 4.79 Å². The van der Waals surface area contributed by atoms with E-state index in [0.717, 1.165) is 30.7 Å². The van der Waals surface area contributed by atoms with Crippen LogP contribution in [0.25, 0.3) is 0 Å². The fourth-order valence-corrected chi connectivity index (χ4v) is 4.32. The molecule has 1 fully saturated rings. The van der Waals surface area contributed by atoms with Crippen molar-refractivity contribution in [1.82, 2.24) is 25.0 Å². The number of carbonyl (C=O) groups is 2. The van der Waals surface area contributed by atoms with E-state index in [0.29, 0.717) is 38.7 Å². The third-order valence-electron chi connectivity index (χ3n) is 6.36. The van der Waals surface area contributed by atoms with E-state index in [1.54, 1.807) is 18.7 Å². The maximum absolute atomic E-state index is 12.8. The van der Waals surface area contributed by atoms with Gasteiger partial charge in [0.1, 0.15) is 18.5 Å². The molecule has 2 aromatic rings. The lowest BCUT2D eigenvalue weighted by Gasteiger charge is -2.31. The van der Waals surface area contributed by atoms with Crippen molar-refractivity contribution >= 4 is 12.0 Å². The van der Waals surface area contributed by atoms with Gasteiger partial charge in [-0.3, -0.25) is 4.79 Å². The van der Waals surface area contributed by atoms with Gasteiger partial charge in [0, 0.05) is 19.5 Å². The van der Waals surface area contributed by atoms with Crippen molar-refractivity contribution < 1.29 is 23.8 Å². The Hall–Kier alpha value is -3.02. The molecule has 0 spiro atoms. The second-order valence-corrected chi connectivity index (χ2v) is 9.82. The first-order valence-corrected chi connectivity index (χ1v) is 12.5. The summed E-state index contributed by atoms with van der Waals surface area (Å²) in [6.45, 7) is 6.15. The van der Waals surface area contributed by atoms with Crippen molar-refractivity contribution in [2.45, 2.75) is 57.3 Å². The SMILES string of the molecule is CC(C)(N)C(=O)N[C@H](COCc1ccccc1)c1nnc2n1C(COC(=O)N1CCOCC1)CCC2. The van der Waals surface area contributed by atoms with E-state index in [1.807, 2.05) is 34.9 Å². The van der Waals surface area contributed by atoms with Crippen LogP contribution in [0.2, 0.25) is 0 Å². The number of hydrogen-bond donors (Lipinski definition) is 2. The number of hydrogen-bond acceptors (Lipinski definition) is 8. The highest BCUT2D eigenvalue weighted by Gasteiger charge is 2.33. The standard InChI is InChI=1S/C25H36N6O5/c1-25(2,26)23(32)27-20(17-35-15-18-7-4-3-5-8-18)22-29-28-21-10-6-9-19(31(21)22)16-36-24(33)30-11-13-34-14-12-30/h3-5,7-8,19-20H,6,9-17,26H2,1-2H3,(H,27,32)/t19?,20-/m1/s1. The Kier molecular flexibility index (Phi) is 8.55. The molecule has 196 valence electrons. The van der Waals surface area contributed by atoms with Crippen molar-refractivity contribution in [1.29, 1.82) is 0 Å². The third-order valence-corrected chi connectivity index (χ3v) is 6.36. The Balaban J connectivity index is 1.49. The van der Waals surface area contributed by atoms with Crippen LogP contribution in [0.5, 0.6) is 0 Å². The largest absolute Gasteiger partial charge is 0.447 e. The minimum atomic E-state index is -1.07. The Morgan fingerprint density at radius 2 is 1.97 bits per heavy atom. The van der Waals surface area contributed by atoms with E-state index in [2.05, 4.69) is 15.5 Å². The van der Waals surface area contributed by atoms with Crippen LogP contribution in [-0.2, 0) is 32.0 Å². The lowest BCUT2D eigenvalue weighted by atomic mass is 10.0. The molecule has 2 amide bonds. The smallest absolute Gasteiger partial charge is 0.409 e. The van der Waals surface area contributed by atoms with Gasteiger partial charge < -0.3 is 34.7 Å². The molecule has 1 unspecified atom stereocenters. The predicted molar refractivity (Wildman–Crippen MR) is 131 cm³/mol. The molecule has 2 aliphatic heterocycles. The number of nitrogens with two attached hydrogens (primary N) is 1. The summed E-state index contributed by atoms with van der Waals surface area (Å²) in [6.07, 6.45) is 2.13. The fraction of sp³-hybridized carbons (Fsp3) is 0.600. The van der Waals surface area contributed by atoms with Crippen LogP contribution in [0, 0.1) is 0 Å². The number of benzene rings is 1. The maximum atomic E-state index is 12.8. The Morgan fingerprint density at radius 3 is 2.69 bits per heavy atom. The number of fused-ring (bicyclic) bond motifs is 1. The van der Waals surface area contributed by atoms with Crippen LogP contribution in [-0.4, -0.2) is 76.7 Å². The lowest BCUT2D eigenvalue weighted by Crippen LogP contribution is -2.51. The summed E-state index contributed by atoms with van der Waals surface area (Å²) in [5, 5.41) is 11.8. The van der Waals surface area contributed by atoms with Crippen molar-refractivity contribution in [3.05, 3.63) is 47.5 Å². The number of aryl methyl sites for hydroxylation is 1. The van der Waals surface area contributed by atoms with E-state index >= 15 is 0 Å². The summed E-state index contributed by atoms with van der Waals surface area (Å²) >= 11 is 0. The lowest BCUT2D eigenvalue weighted by molar-refractivity contribution is -0.126. The average Bonchev–Trinajstić information content (AvgIpc) is 3.32. The first kappa shape index (κ1) is 26.1. The quantitative estimate of drug-likeness (QED) is 0.532. The molecule has 2 atom stereocenters. The monoisotopic (exact) mass is 500 g/mol. The molecule has 0 radical (unpaired) electrons. The van der Waals surface area contributed by atoms with E-state index in [9.17, 15) is 9.59 Å².